The van der Waals surface area contributed by atoms with Crippen molar-refractivity contribution in [3.05, 3.63) is 40.7 Å². The lowest BCUT2D eigenvalue weighted by Crippen LogP contribution is -2.35. The fourth-order valence-corrected chi connectivity index (χ4v) is 6.11. The standard InChI is InChI=1S/C16H17ClN4O2S2/c17-14-6-7-15(24-14)25(22,23)21-9-3-8-20(10-11-21)16-18-12-4-1-2-5-13(12)19-16/h1-2,4-7H,3,8-11H2,(H,18,19). The van der Waals surface area contributed by atoms with Crippen molar-refractivity contribution in [3.8, 4) is 0 Å². The van der Waals surface area contributed by atoms with E-state index >= 15 is 0 Å². The third kappa shape index (κ3) is 3.27. The first-order chi connectivity index (χ1) is 12.0. The molecule has 1 aromatic carbocycles. The minimum absolute atomic E-state index is 0.301. The quantitative estimate of drug-likeness (QED) is 0.738. The van der Waals surface area contributed by atoms with E-state index in [1.165, 1.54) is 4.31 Å². The SMILES string of the molecule is O=S(=O)(c1ccc(Cl)s1)N1CCCN(c2nc3ccccc3[nH]2)CC1. The van der Waals surface area contributed by atoms with Gasteiger partial charge in [-0.1, -0.05) is 23.7 Å². The minimum Gasteiger partial charge on any atom is -0.341 e. The number of benzene rings is 1. The van der Waals surface area contributed by atoms with Crippen molar-refractivity contribution in [2.75, 3.05) is 31.1 Å². The van der Waals surface area contributed by atoms with Crippen LogP contribution in [-0.4, -0.2) is 48.9 Å². The molecule has 0 spiro atoms. The van der Waals surface area contributed by atoms with E-state index < -0.39 is 10.0 Å². The van der Waals surface area contributed by atoms with Gasteiger partial charge < -0.3 is 9.88 Å². The van der Waals surface area contributed by atoms with Crippen LogP contribution in [0.25, 0.3) is 11.0 Å². The average Bonchev–Trinajstić information content (AvgIpc) is 3.14. The van der Waals surface area contributed by atoms with Crippen LogP contribution in [0.4, 0.5) is 5.95 Å². The van der Waals surface area contributed by atoms with Gasteiger partial charge >= 0.3 is 0 Å². The molecule has 4 rings (SSSR count). The Balaban J connectivity index is 1.54. The van der Waals surface area contributed by atoms with E-state index in [1.54, 1.807) is 12.1 Å². The van der Waals surface area contributed by atoms with Gasteiger partial charge in [0.2, 0.25) is 5.95 Å². The van der Waals surface area contributed by atoms with Crippen molar-refractivity contribution in [1.82, 2.24) is 14.3 Å². The molecular weight excluding hydrogens is 380 g/mol. The molecule has 1 aliphatic rings. The second kappa shape index (κ2) is 6.60. The molecule has 3 aromatic rings. The van der Waals surface area contributed by atoms with Crippen LogP contribution in [0.15, 0.2) is 40.6 Å². The van der Waals surface area contributed by atoms with Crippen molar-refractivity contribution < 1.29 is 8.42 Å². The number of nitrogens with one attached hydrogen (secondary N) is 1. The van der Waals surface area contributed by atoms with Gasteiger partial charge in [-0.15, -0.1) is 11.3 Å². The number of para-hydroxylation sites is 2. The van der Waals surface area contributed by atoms with E-state index in [4.69, 9.17) is 11.6 Å². The summed E-state index contributed by atoms with van der Waals surface area (Å²) in [6, 6.07) is 11.1. The summed E-state index contributed by atoms with van der Waals surface area (Å²) < 4.78 is 27.9. The van der Waals surface area contributed by atoms with Crippen LogP contribution in [0.1, 0.15) is 6.42 Å². The Morgan fingerprint density at radius 1 is 1.08 bits per heavy atom. The van der Waals surface area contributed by atoms with Gasteiger partial charge in [0.1, 0.15) is 4.21 Å². The molecule has 25 heavy (non-hydrogen) atoms. The molecule has 1 N–H and O–H groups in total. The summed E-state index contributed by atoms with van der Waals surface area (Å²) in [5.41, 5.74) is 1.90. The lowest BCUT2D eigenvalue weighted by Gasteiger charge is -2.20. The molecule has 0 atom stereocenters. The van der Waals surface area contributed by atoms with Crippen LogP contribution in [0.5, 0.6) is 0 Å². The average molecular weight is 397 g/mol. The predicted molar refractivity (Wildman–Crippen MR) is 101 cm³/mol. The summed E-state index contributed by atoms with van der Waals surface area (Å²) in [4.78, 5) is 10.0. The maximum absolute atomic E-state index is 12.8. The van der Waals surface area contributed by atoms with Gasteiger partial charge in [0.15, 0.2) is 0 Å². The molecule has 132 valence electrons. The van der Waals surface area contributed by atoms with E-state index in [0.717, 1.165) is 41.3 Å². The highest BCUT2D eigenvalue weighted by Gasteiger charge is 2.28. The number of thiophene rings is 1. The van der Waals surface area contributed by atoms with Crippen LogP contribution < -0.4 is 4.90 Å². The number of H-pyrrole nitrogens is 1. The Morgan fingerprint density at radius 3 is 2.68 bits per heavy atom. The second-order valence-electron chi connectivity index (χ2n) is 5.88. The van der Waals surface area contributed by atoms with E-state index in [0.29, 0.717) is 28.2 Å². The van der Waals surface area contributed by atoms with Gasteiger partial charge in [0, 0.05) is 26.2 Å². The van der Waals surface area contributed by atoms with Gasteiger partial charge in [0.05, 0.1) is 15.4 Å². The maximum Gasteiger partial charge on any atom is 0.252 e. The molecule has 0 bridgehead atoms. The minimum atomic E-state index is -3.48. The molecule has 0 radical (unpaired) electrons. The van der Waals surface area contributed by atoms with Crippen LogP contribution in [0.2, 0.25) is 4.34 Å². The van der Waals surface area contributed by atoms with Crippen molar-refractivity contribution >= 4 is 49.9 Å². The molecule has 0 saturated carbocycles. The van der Waals surface area contributed by atoms with Crippen molar-refractivity contribution in [2.45, 2.75) is 10.6 Å². The summed E-state index contributed by atoms with van der Waals surface area (Å²) in [5.74, 6) is 0.791. The monoisotopic (exact) mass is 396 g/mol. The van der Waals surface area contributed by atoms with E-state index in [1.807, 2.05) is 24.3 Å². The lowest BCUT2D eigenvalue weighted by atomic mass is 10.3. The number of nitrogens with zero attached hydrogens (tertiary/aromatic N) is 3. The Morgan fingerprint density at radius 2 is 1.92 bits per heavy atom. The van der Waals surface area contributed by atoms with E-state index in [9.17, 15) is 8.42 Å². The van der Waals surface area contributed by atoms with Gasteiger partial charge in [0.25, 0.3) is 10.0 Å². The topological polar surface area (TPSA) is 69.3 Å². The molecule has 1 saturated heterocycles. The number of sulfonamides is 1. The summed E-state index contributed by atoms with van der Waals surface area (Å²) in [7, 11) is -3.48. The van der Waals surface area contributed by atoms with Crippen molar-refractivity contribution in [3.63, 3.8) is 0 Å². The Kier molecular flexibility index (Phi) is 4.45. The van der Waals surface area contributed by atoms with E-state index in [-0.39, 0.29) is 0 Å². The van der Waals surface area contributed by atoms with Gasteiger partial charge in [-0.2, -0.15) is 4.31 Å². The predicted octanol–water partition coefficient (Wildman–Crippen LogP) is 3.18. The zero-order chi connectivity index (χ0) is 17.4. The Labute approximate surface area is 155 Å². The van der Waals surface area contributed by atoms with E-state index in [2.05, 4.69) is 14.9 Å². The van der Waals surface area contributed by atoms with Gasteiger partial charge in [-0.25, -0.2) is 13.4 Å². The number of anilines is 1. The summed E-state index contributed by atoms with van der Waals surface area (Å²) in [6.07, 6.45) is 0.745. The molecule has 0 unspecified atom stereocenters. The molecule has 1 fully saturated rings. The van der Waals surface area contributed by atoms with Crippen LogP contribution in [0, 0.1) is 0 Å². The Hall–Kier alpha value is -1.61. The number of rotatable bonds is 3. The normalized spacial score (nSPS) is 17.1. The first-order valence-corrected chi connectivity index (χ1v) is 10.6. The number of aromatic amines is 1. The molecule has 0 amide bonds. The summed E-state index contributed by atoms with van der Waals surface area (Å²) in [5, 5.41) is 0. The largest absolute Gasteiger partial charge is 0.341 e. The second-order valence-corrected chi connectivity index (χ2v) is 9.76. The van der Waals surface area contributed by atoms with Crippen LogP contribution in [0.3, 0.4) is 0 Å². The number of halogens is 1. The smallest absolute Gasteiger partial charge is 0.252 e. The first kappa shape index (κ1) is 16.8. The fourth-order valence-electron chi connectivity index (χ4n) is 3.00. The molecule has 2 aromatic heterocycles. The number of hydrogen-bond donors (Lipinski definition) is 1. The zero-order valence-electron chi connectivity index (χ0n) is 13.4. The van der Waals surface area contributed by atoms with Gasteiger partial charge in [-0.3, -0.25) is 0 Å². The van der Waals surface area contributed by atoms with Crippen LogP contribution in [-0.2, 0) is 10.0 Å². The summed E-state index contributed by atoms with van der Waals surface area (Å²) >= 11 is 6.99. The van der Waals surface area contributed by atoms with Gasteiger partial charge in [-0.05, 0) is 30.7 Å². The van der Waals surface area contributed by atoms with Crippen molar-refractivity contribution in [2.24, 2.45) is 0 Å². The Bertz CT molecular complexity index is 965. The molecular formula is C16H17ClN4O2S2. The molecule has 1 aliphatic heterocycles. The fraction of sp³-hybridized carbons (Fsp3) is 0.312. The van der Waals surface area contributed by atoms with Crippen molar-refractivity contribution in [1.29, 1.82) is 0 Å². The molecule has 0 aliphatic carbocycles. The highest BCUT2D eigenvalue weighted by Crippen LogP contribution is 2.29. The number of hydrogen-bond acceptors (Lipinski definition) is 5. The summed E-state index contributed by atoms with van der Waals surface area (Å²) in [6.45, 7) is 2.28. The third-order valence-electron chi connectivity index (χ3n) is 4.27. The number of imidazole rings is 1. The highest BCUT2D eigenvalue weighted by molar-refractivity contribution is 7.91. The number of fused-ring (bicyclic) bond motifs is 1. The maximum atomic E-state index is 12.8. The number of aromatic nitrogens is 2. The molecule has 6 nitrogen and oxygen atoms in total. The lowest BCUT2D eigenvalue weighted by molar-refractivity contribution is 0.434. The zero-order valence-corrected chi connectivity index (χ0v) is 15.7. The molecule has 3 heterocycles. The highest BCUT2D eigenvalue weighted by atomic mass is 35.5. The first-order valence-electron chi connectivity index (χ1n) is 7.99. The van der Waals surface area contributed by atoms with Crippen LogP contribution >= 0.6 is 22.9 Å². The molecule has 9 heteroatoms. The third-order valence-corrected chi connectivity index (χ3v) is 7.87.